The molecule has 1 aliphatic heterocycles. The lowest BCUT2D eigenvalue weighted by Crippen LogP contribution is -2.49. The maximum Gasteiger partial charge on any atom is 0.0611 e. The van der Waals surface area contributed by atoms with E-state index in [-0.39, 0.29) is 12.1 Å². The Balaban J connectivity index is 1.97. The van der Waals surface area contributed by atoms with Gasteiger partial charge in [-0.2, -0.15) is 0 Å². The fraction of sp³-hybridized carbons (Fsp3) is 1.00. The van der Waals surface area contributed by atoms with Gasteiger partial charge in [0.15, 0.2) is 0 Å². The topological polar surface area (TPSA) is 49.5 Å². The predicted molar refractivity (Wildman–Crippen MR) is 70.8 cm³/mol. The van der Waals surface area contributed by atoms with Crippen LogP contribution in [0.2, 0.25) is 0 Å². The van der Waals surface area contributed by atoms with Gasteiger partial charge in [0, 0.05) is 24.2 Å². The number of hydrogen-bond acceptors (Lipinski definition) is 3. The number of nitrogens with two attached hydrogens (primary N) is 1. The summed E-state index contributed by atoms with van der Waals surface area (Å²) in [5, 5.41) is 9.36. The van der Waals surface area contributed by atoms with Crippen LogP contribution in [0.25, 0.3) is 0 Å². The van der Waals surface area contributed by atoms with E-state index in [1.165, 1.54) is 25.8 Å². The van der Waals surface area contributed by atoms with E-state index in [0.29, 0.717) is 12.1 Å². The molecule has 0 aromatic carbocycles. The van der Waals surface area contributed by atoms with Gasteiger partial charge in [-0.15, -0.1) is 0 Å². The highest BCUT2D eigenvalue weighted by Crippen LogP contribution is 2.35. The summed E-state index contributed by atoms with van der Waals surface area (Å²) in [5.74, 6) is 0.869. The van der Waals surface area contributed by atoms with Crippen LogP contribution >= 0.6 is 0 Å². The van der Waals surface area contributed by atoms with Crippen LogP contribution in [-0.4, -0.2) is 40.8 Å². The molecule has 17 heavy (non-hydrogen) atoms. The van der Waals surface area contributed by atoms with Gasteiger partial charge in [0.25, 0.3) is 0 Å². The largest absolute Gasteiger partial charge is 0.394 e. The Labute approximate surface area is 105 Å². The molecule has 0 amide bonds. The first kappa shape index (κ1) is 13.3. The van der Waals surface area contributed by atoms with E-state index in [9.17, 15) is 5.11 Å². The summed E-state index contributed by atoms with van der Waals surface area (Å²) in [6, 6.07) is 1.31. The Bertz CT molecular complexity index is 259. The average Bonchev–Trinajstić information content (AvgIpc) is 2.73. The monoisotopic (exact) mass is 240 g/mol. The van der Waals surface area contributed by atoms with E-state index in [1.54, 1.807) is 0 Å². The van der Waals surface area contributed by atoms with Gasteiger partial charge in [0.2, 0.25) is 0 Å². The van der Waals surface area contributed by atoms with Crippen LogP contribution < -0.4 is 5.73 Å². The number of aliphatic hydroxyl groups excluding tert-OH is 1. The van der Waals surface area contributed by atoms with Gasteiger partial charge in [0.05, 0.1) is 6.61 Å². The summed E-state index contributed by atoms with van der Waals surface area (Å²) in [5.41, 5.74) is 5.89. The van der Waals surface area contributed by atoms with Crippen molar-refractivity contribution in [2.75, 3.05) is 13.2 Å². The van der Waals surface area contributed by atoms with Crippen molar-refractivity contribution in [2.24, 2.45) is 11.7 Å². The zero-order chi connectivity index (χ0) is 12.5. The van der Waals surface area contributed by atoms with Gasteiger partial charge in [0.1, 0.15) is 0 Å². The molecule has 0 bridgehead atoms. The van der Waals surface area contributed by atoms with Gasteiger partial charge < -0.3 is 10.8 Å². The van der Waals surface area contributed by atoms with E-state index in [1.807, 2.05) is 0 Å². The van der Waals surface area contributed by atoms with Crippen molar-refractivity contribution in [2.45, 2.75) is 70.0 Å². The minimum absolute atomic E-state index is 0.142. The van der Waals surface area contributed by atoms with Gasteiger partial charge in [-0.3, -0.25) is 4.90 Å². The molecule has 4 unspecified atom stereocenters. The van der Waals surface area contributed by atoms with E-state index in [4.69, 9.17) is 5.73 Å². The molecule has 3 heteroatoms. The van der Waals surface area contributed by atoms with E-state index >= 15 is 0 Å². The van der Waals surface area contributed by atoms with Crippen LogP contribution in [0, 0.1) is 5.92 Å². The molecular formula is C14H28N2O. The maximum atomic E-state index is 9.36. The molecule has 1 saturated heterocycles. The fourth-order valence-corrected chi connectivity index (χ4v) is 3.61. The molecule has 0 aromatic heterocycles. The minimum Gasteiger partial charge on any atom is -0.394 e. The molecule has 4 atom stereocenters. The van der Waals surface area contributed by atoms with Crippen LogP contribution in [0.1, 0.15) is 52.4 Å². The molecule has 2 fully saturated rings. The zero-order valence-electron chi connectivity index (χ0n) is 11.4. The third-order valence-corrected chi connectivity index (χ3v) is 5.01. The summed E-state index contributed by atoms with van der Waals surface area (Å²) in [6.45, 7) is 6.03. The van der Waals surface area contributed by atoms with Crippen LogP contribution in [-0.2, 0) is 0 Å². The summed E-state index contributed by atoms with van der Waals surface area (Å²) < 4.78 is 0. The van der Waals surface area contributed by atoms with E-state index < -0.39 is 0 Å². The molecule has 1 aliphatic carbocycles. The first-order valence-electron chi connectivity index (χ1n) is 7.23. The van der Waals surface area contributed by atoms with Crippen molar-refractivity contribution in [3.63, 3.8) is 0 Å². The van der Waals surface area contributed by atoms with Crippen molar-refractivity contribution in [1.82, 2.24) is 4.90 Å². The summed E-state index contributed by atoms with van der Waals surface area (Å²) >= 11 is 0. The number of hydrogen-bond donors (Lipinski definition) is 2. The second-order valence-electron chi connectivity index (χ2n) is 6.31. The van der Waals surface area contributed by atoms with Gasteiger partial charge >= 0.3 is 0 Å². The minimum atomic E-state index is -0.302. The maximum absolute atomic E-state index is 9.36. The fourth-order valence-electron chi connectivity index (χ4n) is 3.61. The van der Waals surface area contributed by atoms with Crippen LogP contribution in [0.5, 0.6) is 0 Å². The smallest absolute Gasteiger partial charge is 0.0611 e. The Morgan fingerprint density at radius 3 is 2.71 bits per heavy atom. The first-order chi connectivity index (χ1) is 8.08. The van der Waals surface area contributed by atoms with Gasteiger partial charge in [-0.05, 0) is 44.9 Å². The van der Waals surface area contributed by atoms with Crippen LogP contribution in [0.4, 0.5) is 0 Å². The molecule has 3 N–H and O–H groups in total. The lowest BCUT2D eigenvalue weighted by atomic mass is 9.89. The molecule has 3 nitrogen and oxygen atoms in total. The summed E-state index contributed by atoms with van der Waals surface area (Å²) in [4.78, 5) is 2.67. The standard InChI is InChI=1S/C14H28N2O/c1-3-12-5-4-11(2)16(9-12)13-6-7-14(15,8-13)10-17/h11-13,17H,3-10,15H2,1-2H3. The van der Waals surface area contributed by atoms with Crippen molar-refractivity contribution in [3.8, 4) is 0 Å². The molecule has 0 spiro atoms. The quantitative estimate of drug-likeness (QED) is 0.790. The third-order valence-electron chi connectivity index (χ3n) is 5.01. The second kappa shape index (κ2) is 5.25. The average molecular weight is 240 g/mol. The number of piperidine rings is 1. The Kier molecular flexibility index (Phi) is 4.11. The van der Waals surface area contributed by atoms with Crippen LogP contribution in [0.15, 0.2) is 0 Å². The summed E-state index contributed by atoms with van der Waals surface area (Å²) in [7, 11) is 0. The lowest BCUT2D eigenvalue weighted by molar-refractivity contribution is 0.0670. The lowest BCUT2D eigenvalue weighted by Gasteiger charge is -2.42. The van der Waals surface area contributed by atoms with Crippen LogP contribution in [0.3, 0.4) is 0 Å². The summed E-state index contributed by atoms with van der Waals surface area (Å²) in [6.07, 6.45) is 7.13. The van der Waals surface area contributed by atoms with Gasteiger partial charge in [-0.1, -0.05) is 13.3 Å². The highest BCUT2D eigenvalue weighted by molar-refractivity contribution is 4.98. The van der Waals surface area contributed by atoms with Crippen molar-refractivity contribution >= 4 is 0 Å². The first-order valence-corrected chi connectivity index (χ1v) is 7.23. The Morgan fingerprint density at radius 2 is 2.12 bits per heavy atom. The normalized spacial score (nSPS) is 44.1. The highest BCUT2D eigenvalue weighted by atomic mass is 16.3. The number of aliphatic hydroxyl groups is 1. The third kappa shape index (κ3) is 2.83. The second-order valence-corrected chi connectivity index (χ2v) is 6.31. The molecule has 100 valence electrons. The SMILES string of the molecule is CCC1CCC(C)N(C2CCC(N)(CO)C2)C1. The Hall–Kier alpha value is -0.120. The van der Waals surface area contributed by atoms with Crippen molar-refractivity contribution in [1.29, 1.82) is 0 Å². The van der Waals surface area contributed by atoms with Crippen molar-refractivity contribution in [3.05, 3.63) is 0 Å². The number of nitrogens with zero attached hydrogens (tertiary/aromatic N) is 1. The predicted octanol–water partition coefficient (Wildman–Crippen LogP) is 1.74. The molecule has 2 aliphatic rings. The van der Waals surface area contributed by atoms with Crippen molar-refractivity contribution < 1.29 is 5.11 Å². The molecular weight excluding hydrogens is 212 g/mol. The number of rotatable bonds is 3. The highest BCUT2D eigenvalue weighted by Gasteiger charge is 2.40. The zero-order valence-corrected chi connectivity index (χ0v) is 11.4. The molecule has 1 heterocycles. The van der Waals surface area contributed by atoms with E-state index in [2.05, 4.69) is 18.7 Å². The number of likely N-dealkylation sites (tertiary alicyclic amines) is 1. The van der Waals surface area contributed by atoms with Gasteiger partial charge in [-0.25, -0.2) is 0 Å². The molecule has 0 aromatic rings. The molecule has 2 rings (SSSR count). The molecule has 0 radical (unpaired) electrons. The molecule has 1 saturated carbocycles. The Morgan fingerprint density at radius 1 is 1.35 bits per heavy atom. The van der Waals surface area contributed by atoms with E-state index in [0.717, 1.165) is 25.2 Å².